The van der Waals surface area contributed by atoms with Crippen molar-refractivity contribution in [3.05, 3.63) is 30.3 Å². The number of nitrogens with zero attached hydrogens (tertiary/aromatic N) is 3. The van der Waals surface area contributed by atoms with Gasteiger partial charge in [0.15, 0.2) is 5.54 Å². The van der Waals surface area contributed by atoms with Crippen LogP contribution in [0.2, 0.25) is 0 Å². The summed E-state index contributed by atoms with van der Waals surface area (Å²) < 4.78 is 0. The third kappa shape index (κ3) is 1.19. The van der Waals surface area contributed by atoms with Crippen LogP contribution in [0.1, 0.15) is 6.92 Å². The van der Waals surface area contributed by atoms with Crippen LogP contribution in [-0.2, 0) is 9.59 Å². The van der Waals surface area contributed by atoms with Crippen LogP contribution in [0.4, 0.5) is 5.69 Å². The van der Waals surface area contributed by atoms with Crippen LogP contribution in [0.25, 0.3) is 0 Å². The van der Waals surface area contributed by atoms with Crippen molar-refractivity contribution >= 4 is 17.5 Å². The van der Waals surface area contributed by atoms with Crippen LogP contribution < -0.4 is 4.90 Å². The van der Waals surface area contributed by atoms with E-state index in [-0.39, 0.29) is 11.8 Å². The van der Waals surface area contributed by atoms with E-state index in [1.807, 2.05) is 6.07 Å². The average Bonchev–Trinajstić information content (AvgIpc) is 2.80. The van der Waals surface area contributed by atoms with Crippen molar-refractivity contribution in [3.8, 4) is 0 Å². The molecule has 2 heterocycles. The van der Waals surface area contributed by atoms with Gasteiger partial charge >= 0.3 is 0 Å². The Kier molecular flexibility index (Phi) is 1.92. The Hall–Kier alpha value is -2.04. The average molecular weight is 229 g/mol. The molecule has 2 aliphatic rings. The molecule has 5 nitrogen and oxygen atoms in total. The number of rotatable bonds is 1. The Bertz CT molecular complexity index is 526. The maximum Gasteiger partial charge on any atom is 0.264 e. The van der Waals surface area contributed by atoms with E-state index < -0.39 is 11.5 Å². The zero-order valence-corrected chi connectivity index (χ0v) is 9.33. The molecule has 2 atom stereocenters. The number of anilines is 1. The van der Waals surface area contributed by atoms with Crippen molar-refractivity contribution in [1.29, 1.82) is 0 Å². The number of hydrogen-bond acceptors (Lipinski definition) is 4. The third-order valence-corrected chi connectivity index (χ3v) is 3.39. The molecule has 0 bridgehead atoms. The number of imide groups is 1. The second kappa shape index (κ2) is 3.23. The molecule has 0 N–H and O–H groups in total. The summed E-state index contributed by atoms with van der Waals surface area (Å²) in [5.41, 5.74) is -0.388. The number of fused-ring (bicyclic) bond motifs is 1. The van der Waals surface area contributed by atoms with E-state index in [0.29, 0.717) is 12.2 Å². The fourth-order valence-corrected chi connectivity index (χ4v) is 2.33. The van der Waals surface area contributed by atoms with E-state index in [1.54, 1.807) is 31.2 Å². The fraction of sp³-hybridized carbons (Fsp3) is 0.333. The van der Waals surface area contributed by atoms with Crippen LogP contribution in [-0.4, -0.2) is 23.9 Å². The van der Waals surface area contributed by atoms with Gasteiger partial charge in [0.1, 0.15) is 0 Å². The maximum atomic E-state index is 12.3. The van der Waals surface area contributed by atoms with Crippen LogP contribution >= 0.6 is 0 Å². The Labute approximate surface area is 98.1 Å². The smallest absolute Gasteiger partial charge is 0.264 e. The fourth-order valence-electron chi connectivity index (χ4n) is 2.33. The zero-order chi connectivity index (χ0) is 12.0. The van der Waals surface area contributed by atoms with Crippen molar-refractivity contribution in [2.45, 2.75) is 12.5 Å². The highest BCUT2D eigenvalue weighted by Gasteiger charge is 2.59. The lowest BCUT2D eigenvalue weighted by molar-refractivity contribution is -0.122. The summed E-state index contributed by atoms with van der Waals surface area (Å²) in [6.45, 7) is 1.99. The second-order valence-electron chi connectivity index (χ2n) is 4.44. The lowest BCUT2D eigenvalue weighted by Crippen LogP contribution is -2.37. The van der Waals surface area contributed by atoms with Gasteiger partial charge in [-0.15, -0.1) is 0 Å². The highest BCUT2D eigenvalue weighted by Crippen LogP contribution is 2.40. The van der Waals surface area contributed by atoms with Crippen molar-refractivity contribution in [2.75, 3.05) is 11.4 Å². The van der Waals surface area contributed by atoms with Crippen molar-refractivity contribution in [3.63, 3.8) is 0 Å². The van der Waals surface area contributed by atoms with E-state index >= 15 is 0 Å². The van der Waals surface area contributed by atoms with Crippen LogP contribution in [0.3, 0.4) is 0 Å². The highest BCUT2D eigenvalue weighted by atomic mass is 16.2. The molecule has 1 saturated heterocycles. The number of amides is 2. The van der Waals surface area contributed by atoms with Gasteiger partial charge in [-0.1, -0.05) is 18.2 Å². The largest absolute Gasteiger partial charge is 0.274 e. The Morgan fingerprint density at radius 2 is 2.00 bits per heavy atom. The number of para-hydroxylation sites is 1. The second-order valence-corrected chi connectivity index (χ2v) is 4.44. The van der Waals surface area contributed by atoms with E-state index in [2.05, 4.69) is 10.2 Å². The molecule has 86 valence electrons. The molecule has 3 rings (SSSR count). The molecule has 1 aromatic carbocycles. The highest BCUT2D eigenvalue weighted by molar-refractivity contribution is 6.25. The molecule has 5 heteroatoms. The van der Waals surface area contributed by atoms with E-state index in [0.717, 1.165) is 0 Å². The molecule has 17 heavy (non-hydrogen) atoms. The molecule has 0 radical (unpaired) electrons. The van der Waals surface area contributed by atoms with Gasteiger partial charge in [-0.3, -0.25) is 9.59 Å². The standard InChI is InChI=1S/C12H11N3O2/c1-12-9(7-13-14-12)10(16)15(11(12)17)8-5-3-2-4-6-8/h2-6,9H,7H2,1H3. The van der Waals surface area contributed by atoms with Gasteiger partial charge in [-0.05, 0) is 19.1 Å². The van der Waals surface area contributed by atoms with Gasteiger partial charge in [-0.25, -0.2) is 4.90 Å². The lowest BCUT2D eigenvalue weighted by atomic mass is 9.90. The van der Waals surface area contributed by atoms with Crippen LogP contribution in [0.5, 0.6) is 0 Å². The van der Waals surface area contributed by atoms with Gasteiger partial charge < -0.3 is 0 Å². The molecule has 1 fully saturated rings. The topological polar surface area (TPSA) is 62.1 Å². The van der Waals surface area contributed by atoms with E-state index in [4.69, 9.17) is 0 Å². The van der Waals surface area contributed by atoms with Gasteiger partial charge in [0.2, 0.25) is 5.91 Å². The molecule has 0 aromatic heterocycles. The first-order valence-electron chi connectivity index (χ1n) is 5.47. The minimum Gasteiger partial charge on any atom is -0.274 e. The predicted octanol–water partition coefficient (Wildman–Crippen LogP) is 1.40. The predicted molar refractivity (Wildman–Crippen MR) is 60.6 cm³/mol. The molecule has 0 aliphatic carbocycles. The number of carbonyl (C=O) groups excluding carboxylic acids is 2. The number of azo groups is 1. The van der Waals surface area contributed by atoms with Gasteiger partial charge in [-0.2, -0.15) is 10.2 Å². The third-order valence-electron chi connectivity index (χ3n) is 3.39. The minimum absolute atomic E-state index is 0.200. The quantitative estimate of drug-likeness (QED) is 0.683. The summed E-state index contributed by atoms with van der Waals surface area (Å²) in [6, 6.07) is 8.94. The first kappa shape index (κ1) is 10.1. The number of carbonyl (C=O) groups is 2. The van der Waals surface area contributed by atoms with Crippen molar-refractivity contribution < 1.29 is 9.59 Å². The normalized spacial score (nSPS) is 31.1. The molecule has 2 amide bonds. The van der Waals surface area contributed by atoms with Crippen LogP contribution in [0.15, 0.2) is 40.6 Å². The summed E-state index contributed by atoms with van der Waals surface area (Å²) in [4.78, 5) is 25.7. The van der Waals surface area contributed by atoms with Gasteiger partial charge in [0, 0.05) is 0 Å². The molecule has 0 spiro atoms. The van der Waals surface area contributed by atoms with Crippen molar-refractivity contribution in [1.82, 2.24) is 0 Å². The SMILES string of the molecule is CC12N=NCC1C(=O)N(c1ccccc1)C2=O. The number of hydrogen-bond donors (Lipinski definition) is 0. The van der Waals surface area contributed by atoms with E-state index in [1.165, 1.54) is 4.90 Å². The zero-order valence-electron chi connectivity index (χ0n) is 9.33. The summed E-state index contributed by atoms with van der Waals surface area (Å²) in [7, 11) is 0. The molecule has 1 aromatic rings. The molecule has 2 aliphatic heterocycles. The number of benzene rings is 1. The maximum absolute atomic E-state index is 12.3. The summed E-state index contributed by atoms with van der Waals surface area (Å²) >= 11 is 0. The molecule has 2 unspecified atom stereocenters. The van der Waals surface area contributed by atoms with Crippen LogP contribution in [0, 0.1) is 5.92 Å². The Morgan fingerprint density at radius 1 is 1.29 bits per heavy atom. The van der Waals surface area contributed by atoms with E-state index in [9.17, 15) is 9.59 Å². The monoisotopic (exact) mass is 229 g/mol. The van der Waals surface area contributed by atoms with Crippen molar-refractivity contribution in [2.24, 2.45) is 16.1 Å². The minimum atomic E-state index is -0.993. The van der Waals surface area contributed by atoms with Gasteiger partial charge in [0.25, 0.3) is 5.91 Å². The summed E-state index contributed by atoms with van der Waals surface area (Å²) in [6.07, 6.45) is 0. The first-order chi connectivity index (χ1) is 8.14. The molecular weight excluding hydrogens is 218 g/mol. The molecular formula is C12H11N3O2. The molecule has 0 saturated carbocycles. The Balaban J connectivity index is 2.07. The van der Waals surface area contributed by atoms with Gasteiger partial charge in [0.05, 0.1) is 18.2 Å². The summed E-state index contributed by atoms with van der Waals surface area (Å²) in [5, 5.41) is 7.78. The summed E-state index contributed by atoms with van der Waals surface area (Å²) in [5.74, 6) is -0.913. The lowest BCUT2D eigenvalue weighted by Gasteiger charge is -2.16. The first-order valence-corrected chi connectivity index (χ1v) is 5.47. The Morgan fingerprint density at radius 3 is 2.65 bits per heavy atom.